The van der Waals surface area contributed by atoms with Crippen LogP contribution in [0.1, 0.15) is 19.3 Å². The highest BCUT2D eigenvalue weighted by molar-refractivity contribution is 6.31. The van der Waals surface area contributed by atoms with Gasteiger partial charge in [0, 0.05) is 31.3 Å². The highest BCUT2D eigenvalue weighted by Crippen LogP contribution is 2.29. The van der Waals surface area contributed by atoms with Gasteiger partial charge in [0.25, 0.3) is 0 Å². The monoisotopic (exact) mass is 298 g/mol. The van der Waals surface area contributed by atoms with E-state index >= 15 is 0 Å². The van der Waals surface area contributed by atoms with E-state index < -0.39 is 0 Å². The molecule has 0 radical (unpaired) electrons. The van der Waals surface area contributed by atoms with E-state index in [9.17, 15) is 0 Å². The van der Waals surface area contributed by atoms with Crippen LogP contribution in [-0.4, -0.2) is 44.6 Å². The predicted molar refractivity (Wildman–Crippen MR) is 83.9 cm³/mol. The SMILES string of the molecule is OCCCCCNc1cc(Cl)ccc1N1CCOCC1. The second kappa shape index (κ2) is 8.35. The molecule has 0 amide bonds. The third-order valence-electron chi connectivity index (χ3n) is 3.46. The molecule has 1 aliphatic heterocycles. The van der Waals surface area contributed by atoms with Crippen LogP contribution in [0.2, 0.25) is 5.02 Å². The normalized spacial score (nSPS) is 15.4. The molecule has 1 aromatic rings. The minimum absolute atomic E-state index is 0.274. The van der Waals surface area contributed by atoms with E-state index in [1.165, 1.54) is 5.69 Å². The van der Waals surface area contributed by atoms with Gasteiger partial charge in [-0.15, -0.1) is 0 Å². The summed E-state index contributed by atoms with van der Waals surface area (Å²) >= 11 is 6.10. The van der Waals surface area contributed by atoms with Gasteiger partial charge in [0.15, 0.2) is 0 Å². The molecule has 2 rings (SSSR count). The van der Waals surface area contributed by atoms with E-state index in [1.807, 2.05) is 12.1 Å². The minimum Gasteiger partial charge on any atom is -0.396 e. The first-order valence-electron chi connectivity index (χ1n) is 7.28. The maximum absolute atomic E-state index is 8.78. The summed E-state index contributed by atoms with van der Waals surface area (Å²) in [6.07, 6.45) is 2.96. The molecule has 0 saturated carbocycles. The van der Waals surface area contributed by atoms with Gasteiger partial charge in [0.1, 0.15) is 0 Å². The van der Waals surface area contributed by atoms with Gasteiger partial charge in [-0.3, -0.25) is 0 Å². The van der Waals surface area contributed by atoms with Crippen LogP contribution in [-0.2, 0) is 4.74 Å². The van der Waals surface area contributed by atoms with Crippen molar-refractivity contribution in [3.63, 3.8) is 0 Å². The number of hydrogen-bond donors (Lipinski definition) is 2. The first-order valence-corrected chi connectivity index (χ1v) is 7.66. The van der Waals surface area contributed by atoms with Crippen molar-refractivity contribution in [3.05, 3.63) is 23.2 Å². The summed E-state index contributed by atoms with van der Waals surface area (Å²) in [4.78, 5) is 2.33. The van der Waals surface area contributed by atoms with E-state index in [-0.39, 0.29) is 6.61 Å². The number of ether oxygens (including phenoxy) is 1. The van der Waals surface area contributed by atoms with Crippen LogP contribution >= 0.6 is 11.6 Å². The lowest BCUT2D eigenvalue weighted by Gasteiger charge is -2.30. The minimum atomic E-state index is 0.274. The van der Waals surface area contributed by atoms with Gasteiger partial charge in [0.2, 0.25) is 0 Å². The van der Waals surface area contributed by atoms with Crippen molar-refractivity contribution in [3.8, 4) is 0 Å². The Balaban J connectivity index is 1.96. The second-order valence-electron chi connectivity index (χ2n) is 4.97. The van der Waals surface area contributed by atoms with Crippen LogP contribution < -0.4 is 10.2 Å². The highest BCUT2D eigenvalue weighted by Gasteiger charge is 2.14. The molecule has 1 aromatic carbocycles. The standard InChI is InChI=1S/C15H23ClN2O2/c16-13-4-5-15(18-7-10-20-11-8-18)14(12-13)17-6-2-1-3-9-19/h4-5,12,17,19H,1-3,6-11H2. The third-order valence-corrected chi connectivity index (χ3v) is 3.70. The highest BCUT2D eigenvalue weighted by atomic mass is 35.5. The van der Waals surface area contributed by atoms with Gasteiger partial charge < -0.3 is 20.1 Å². The van der Waals surface area contributed by atoms with E-state index in [2.05, 4.69) is 16.3 Å². The number of anilines is 2. The Kier molecular flexibility index (Phi) is 6.43. The van der Waals surface area contributed by atoms with Gasteiger partial charge >= 0.3 is 0 Å². The molecule has 1 saturated heterocycles. The Hall–Kier alpha value is -0.970. The molecule has 0 aliphatic carbocycles. The Morgan fingerprint density at radius 3 is 2.75 bits per heavy atom. The van der Waals surface area contributed by atoms with E-state index in [4.69, 9.17) is 21.4 Å². The average Bonchev–Trinajstić information content (AvgIpc) is 2.48. The first kappa shape index (κ1) is 15.4. The molecule has 2 N–H and O–H groups in total. The first-order chi connectivity index (χ1) is 9.81. The summed E-state index contributed by atoms with van der Waals surface area (Å²) in [5, 5.41) is 13.0. The van der Waals surface area contributed by atoms with Crippen molar-refractivity contribution < 1.29 is 9.84 Å². The van der Waals surface area contributed by atoms with Crippen LogP contribution in [0, 0.1) is 0 Å². The number of nitrogens with zero attached hydrogens (tertiary/aromatic N) is 1. The topological polar surface area (TPSA) is 44.7 Å². The molecule has 0 bridgehead atoms. The molecular formula is C15H23ClN2O2. The number of halogens is 1. The van der Waals surface area contributed by atoms with Crippen LogP contribution in [0.3, 0.4) is 0 Å². The molecule has 1 heterocycles. The molecule has 20 heavy (non-hydrogen) atoms. The number of nitrogens with one attached hydrogen (secondary N) is 1. The number of unbranched alkanes of at least 4 members (excludes halogenated alkanes) is 2. The van der Waals surface area contributed by atoms with Crippen LogP contribution in [0.4, 0.5) is 11.4 Å². The summed E-state index contributed by atoms with van der Waals surface area (Å²) in [6.45, 7) is 4.56. The maximum atomic E-state index is 8.78. The fraction of sp³-hybridized carbons (Fsp3) is 0.600. The number of aliphatic hydroxyl groups is 1. The van der Waals surface area contributed by atoms with Crippen molar-refractivity contribution in [1.29, 1.82) is 0 Å². The van der Waals surface area contributed by atoms with Crippen LogP contribution in [0.15, 0.2) is 18.2 Å². The molecule has 1 aliphatic rings. The molecular weight excluding hydrogens is 276 g/mol. The summed E-state index contributed by atoms with van der Waals surface area (Å²) in [5.41, 5.74) is 2.28. The van der Waals surface area contributed by atoms with Gasteiger partial charge in [-0.2, -0.15) is 0 Å². The average molecular weight is 299 g/mol. The maximum Gasteiger partial charge on any atom is 0.0642 e. The van der Waals surface area contributed by atoms with Gasteiger partial charge in [-0.25, -0.2) is 0 Å². The van der Waals surface area contributed by atoms with Crippen molar-refractivity contribution in [2.75, 3.05) is 49.7 Å². The summed E-state index contributed by atoms with van der Waals surface area (Å²) in [6, 6.07) is 5.99. The van der Waals surface area contributed by atoms with Crippen LogP contribution in [0.25, 0.3) is 0 Å². The van der Waals surface area contributed by atoms with E-state index in [0.717, 1.165) is 62.8 Å². The second-order valence-corrected chi connectivity index (χ2v) is 5.41. The molecule has 0 aromatic heterocycles. The lowest BCUT2D eigenvalue weighted by Crippen LogP contribution is -2.36. The Morgan fingerprint density at radius 1 is 1.20 bits per heavy atom. The molecule has 4 nitrogen and oxygen atoms in total. The van der Waals surface area contributed by atoms with E-state index in [0.29, 0.717) is 0 Å². The lowest BCUT2D eigenvalue weighted by molar-refractivity contribution is 0.123. The van der Waals surface area contributed by atoms with Crippen molar-refractivity contribution in [2.45, 2.75) is 19.3 Å². The predicted octanol–water partition coefficient (Wildman–Crippen LogP) is 2.75. The largest absolute Gasteiger partial charge is 0.396 e. The number of rotatable bonds is 7. The summed E-state index contributed by atoms with van der Waals surface area (Å²) in [7, 11) is 0. The fourth-order valence-electron chi connectivity index (χ4n) is 2.37. The van der Waals surface area contributed by atoms with Crippen molar-refractivity contribution in [1.82, 2.24) is 0 Å². The number of aliphatic hydroxyl groups excluding tert-OH is 1. The molecule has 0 spiro atoms. The number of morpholine rings is 1. The van der Waals surface area contributed by atoms with Gasteiger partial charge in [0.05, 0.1) is 24.6 Å². The zero-order valence-electron chi connectivity index (χ0n) is 11.8. The number of hydrogen-bond acceptors (Lipinski definition) is 4. The van der Waals surface area contributed by atoms with Gasteiger partial charge in [-0.05, 0) is 37.5 Å². The smallest absolute Gasteiger partial charge is 0.0642 e. The Labute approximate surface area is 125 Å². The van der Waals surface area contributed by atoms with Crippen LogP contribution in [0.5, 0.6) is 0 Å². The van der Waals surface area contributed by atoms with Gasteiger partial charge in [-0.1, -0.05) is 11.6 Å². The molecule has 0 unspecified atom stereocenters. The number of benzene rings is 1. The summed E-state index contributed by atoms with van der Waals surface area (Å²) < 4.78 is 5.40. The molecule has 1 fully saturated rings. The molecule has 5 heteroatoms. The fourth-order valence-corrected chi connectivity index (χ4v) is 2.54. The third kappa shape index (κ3) is 4.54. The van der Waals surface area contributed by atoms with Crippen molar-refractivity contribution >= 4 is 23.0 Å². The summed E-state index contributed by atoms with van der Waals surface area (Å²) in [5.74, 6) is 0. The Bertz CT molecular complexity index is 409. The van der Waals surface area contributed by atoms with E-state index in [1.54, 1.807) is 0 Å². The Morgan fingerprint density at radius 2 is 2.00 bits per heavy atom. The zero-order valence-corrected chi connectivity index (χ0v) is 12.5. The van der Waals surface area contributed by atoms with Crippen molar-refractivity contribution in [2.24, 2.45) is 0 Å². The quantitative estimate of drug-likeness (QED) is 0.760. The molecule has 112 valence electrons. The lowest BCUT2D eigenvalue weighted by atomic mass is 10.2. The zero-order chi connectivity index (χ0) is 14.2. The molecule has 0 atom stereocenters.